The van der Waals surface area contributed by atoms with Crippen LogP contribution in [0.2, 0.25) is 0 Å². The van der Waals surface area contributed by atoms with Gasteiger partial charge in [0.2, 0.25) is 10.0 Å². The Morgan fingerprint density at radius 1 is 1.19 bits per heavy atom. The predicted octanol–water partition coefficient (Wildman–Crippen LogP) is 1.22. The highest BCUT2D eigenvalue weighted by Gasteiger charge is 2.27. The van der Waals surface area contributed by atoms with E-state index in [1.165, 1.54) is 11.4 Å². The van der Waals surface area contributed by atoms with Crippen molar-refractivity contribution in [2.75, 3.05) is 36.2 Å². The fourth-order valence-electron chi connectivity index (χ4n) is 2.19. The molecule has 21 heavy (non-hydrogen) atoms. The Morgan fingerprint density at radius 2 is 1.76 bits per heavy atom. The van der Waals surface area contributed by atoms with E-state index >= 15 is 0 Å². The molecule has 1 amide bonds. The summed E-state index contributed by atoms with van der Waals surface area (Å²) in [7, 11) is -0.100. The Balaban J connectivity index is 2.13. The summed E-state index contributed by atoms with van der Waals surface area (Å²) in [4.78, 5) is 13.8. The summed E-state index contributed by atoms with van der Waals surface area (Å²) in [6.45, 7) is 0.627. The highest BCUT2D eigenvalue weighted by Crippen LogP contribution is 2.23. The molecule has 1 fully saturated rings. The first-order chi connectivity index (χ1) is 9.80. The van der Waals surface area contributed by atoms with E-state index in [-0.39, 0.29) is 12.0 Å². The second-order valence-corrected chi connectivity index (χ2v) is 7.16. The van der Waals surface area contributed by atoms with Crippen molar-refractivity contribution in [1.29, 1.82) is 0 Å². The standard InChI is InChI=1S/C14H20N2O4S/c1-15(14(17)13-5-4-10-20-13)11-6-8-12(9-7-11)16(2)21(3,18)19/h6-9,13H,4-5,10H2,1-3H3. The zero-order valence-corrected chi connectivity index (χ0v) is 13.3. The van der Waals surface area contributed by atoms with Gasteiger partial charge in [0, 0.05) is 26.4 Å². The van der Waals surface area contributed by atoms with Crippen LogP contribution in [0.15, 0.2) is 24.3 Å². The zero-order valence-electron chi connectivity index (χ0n) is 12.4. The van der Waals surface area contributed by atoms with Gasteiger partial charge in [-0.25, -0.2) is 8.42 Å². The van der Waals surface area contributed by atoms with E-state index in [4.69, 9.17) is 4.74 Å². The van der Waals surface area contributed by atoms with Crippen molar-refractivity contribution in [2.24, 2.45) is 0 Å². The van der Waals surface area contributed by atoms with Crippen molar-refractivity contribution in [1.82, 2.24) is 0 Å². The van der Waals surface area contributed by atoms with Gasteiger partial charge in [0.25, 0.3) is 5.91 Å². The van der Waals surface area contributed by atoms with Crippen LogP contribution in [0.4, 0.5) is 11.4 Å². The summed E-state index contributed by atoms with van der Waals surface area (Å²) in [6, 6.07) is 6.80. The number of likely N-dealkylation sites (N-methyl/N-ethyl adjacent to an activating group) is 1. The van der Waals surface area contributed by atoms with Crippen LogP contribution in [0.25, 0.3) is 0 Å². The monoisotopic (exact) mass is 312 g/mol. The molecule has 6 nitrogen and oxygen atoms in total. The van der Waals surface area contributed by atoms with Crippen LogP contribution in [-0.4, -0.2) is 47.4 Å². The molecule has 1 saturated heterocycles. The van der Waals surface area contributed by atoms with E-state index in [2.05, 4.69) is 0 Å². The van der Waals surface area contributed by atoms with E-state index in [0.717, 1.165) is 19.1 Å². The number of nitrogens with zero attached hydrogens (tertiary/aromatic N) is 2. The Hall–Kier alpha value is -1.60. The number of carbonyl (C=O) groups excluding carboxylic acids is 1. The van der Waals surface area contributed by atoms with Crippen molar-refractivity contribution in [3.8, 4) is 0 Å². The van der Waals surface area contributed by atoms with Crippen molar-refractivity contribution in [3.05, 3.63) is 24.3 Å². The predicted molar refractivity (Wildman–Crippen MR) is 82.1 cm³/mol. The number of hydrogen-bond acceptors (Lipinski definition) is 4. The quantitative estimate of drug-likeness (QED) is 0.838. The molecule has 1 aliphatic heterocycles. The lowest BCUT2D eigenvalue weighted by Gasteiger charge is -2.22. The van der Waals surface area contributed by atoms with Gasteiger partial charge in [-0.2, -0.15) is 0 Å². The summed E-state index contributed by atoms with van der Waals surface area (Å²) in [5.41, 5.74) is 1.26. The topological polar surface area (TPSA) is 66.9 Å². The van der Waals surface area contributed by atoms with Gasteiger partial charge < -0.3 is 9.64 Å². The number of ether oxygens (including phenoxy) is 1. The molecule has 1 aliphatic rings. The lowest BCUT2D eigenvalue weighted by Crippen LogP contribution is -2.36. The van der Waals surface area contributed by atoms with Crippen molar-refractivity contribution in [2.45, 2.75) is 18.9 Å². The molecule has 0 aliphatic carbocycles. The molecular formula is C14H20N2O4S. The molecule has 116 valence electrons. The van der Waals surface area contributed by atoms with E-state index in [1.807, 2.05) is 0 Å². The molecule has 1 heterocycles. The molecule has 0 aromatic heterocycles. The molecule has 0 radical (unpaired) electrons. The van der Waals surface area contributed by atoms with Gasteiger partial charge in [-0.05, 0) is 37.1 Å². The third kappa shape index (κ3) is 3.54. The Kier molecular flexibility index (Phi) is 4.53. The van der Waals surface area contributed by atoms with Gasteiger partial charge >= 0.3 is 0 Å². The fraction of sp³-hybridized carbons (Fsp3) is 0.500. The summed E-state index contributed by atoms with van der Waals surface area (Å²) in [6.07, 6.45) is 2.43. The average molecular weight is 312 g/mol. The summed E-state index contributed by atoms with van der Waals surface area (Å²) < 4.78 is 29.5. The van der Waals surface area contributed by atoms with Crippen LogP contribution in [0.3, 0.4) is 0 Å². The number of sulfonamides is 1. The molecule has 0 saturated carbocycles. The lowest BCUT2D eigenvalue weighted by molar-refractivity contribution is -0.127. The molecule has 0 bridgehead atoms. The molecule has 1 aromatic rings. The first-order valence-corrected chi connectivity index (χ1v) is 8.58. The van der Waals surface area contributed by atoms with Crippen LogP contribution < -0.4 is 9.21 Å². The maximum absolute atomic E-state index is 12.2. The minimum atomic E-state index is -3.29. The van der Waals surface area contributed by atoms with Gasteiger partial charge in [0.1, 0.15) is 6.10 Å². The Morgan fingerprint density at radius 3 is 2.24 bits per heavy atom. The first kappa shape index (κ1) is 15.8. The second-order valence-electron chi connectivity index (χ2n) is 5.15. The zero-order chi connectivity index (χ0) is 15.6. The van der Waals surface area contributed by atoms with Crippen LogP contribution >= 0.6 is 0 Å². The third-order valence-electron chi connectivity index (χ3n) is 3.63. The number of amides is 1. The van der Waals surface area contributed by atoms with Crippen LogP contribution in [0, 0.1) is 0 Å². The van der Waals surface area contributed by atoms with Crippen molar-refractivity contribution in [3.63, 3.8) is 0 Å². The highest BCUT2D eigenvalue weighted by molar-refractivity contribution is 7.92. The van der Waals surface area contributed by atoms with Crippen molar-refractivity contribution < 1.29 is 17.9 Å². The SMILES string of the molecule is CN(C(=O)C1CCCO1)c1ccc(N(C)S(C)(=O)=O)cc1. The van der Waals surface area contributed by atoms with Gasteiger partial charge in [-0.3, -0.25) is 9.10 Å². The Labute approximate surface area is 125 Å². The summed E-state index contributed by atoms with van der Waals surface area (Å²) in [5.74, 6) is -0.0725. The molecule has 7 heteroatoms. The van der Waals surface area contributed by atoms with Gasteiger partial charge in [-0.15, -0.1) is 0 Å². The minimum absolute atomic E-state index is 0.0725. The lowest BCUT2D eigenvalue weighted by atomic mass is 10.2. The van der Waals surface area contributed by atoms with E-state index in [9.17, 15) is 13.2 Å². The molecular weight excluding hydrogens is 292 g/mol. The first-order valence-electron chi connectivity index (χ1n) is 6.74. The minimum Gasteiger partial charge on any atom is -0.368 e. The second kappa shape index (κ2) is 6.03. The van der Waals surface area contributed by atoms with Crippen LogP contribution in [-0.2, 0) is 19.6 Å². The van der Waals surface area contributed by atoms with Gasteiger partial charge in [-0.1, -0.05) is 0 Å². The number of rotatable bonds is 4. The number of anilines is 2. The summed E-state index contributed by atoms with van der Waals surface area (Å²) >= 11 is 0. The summed E-state index contributed by atoms with van der Waals surface area (Å²) in [5, 5.41) is 0. The molecule has 1 atom stereocenters. The highest BCUT2D eigenvalue weighted by atomic mass is 32.2. The molecule has 0 N–H and O–H groups in total. The van der Waals surface area contributed by atoms with E-state index in [0.29, 0.717) is 18.0 Å². The van der Waals surface area contributed by atoms with Crippen LogP contribution in [0.5, 0.6) is 0 Å². The Bertz CT molecular complexity index is 606. The molecule has 1 aromatic carbocycles. The average Bonchev–Trinajstić information content (AvgIpc) is 2.98. The van der Waals surface area contributed by atoms with Gasteiger partial charge in [0.05, 0.1) is 11.9 Å². The van der Waals surface area contributed by atoms with Crippen LogP contribution in [0.1, 0.15) is 12.8 Å². The van der Waals surface area contributed by atoms with E-state index < -0.39 is 10.0 Å². The van der Waals surface area contributed by atoms with E-state index in [1.54, 1.807) is 36.2 Å². The third-order valence-corrected chi connectivity index (χ3v) is 4.84. The maximum atomic E-state index is 12.2. The number of carbonyl (C=O) groups is 1. The van der Waals surface area contributed by atoms with Crippen molar-refractivity contribution >= 4 is 27.3 Å². The maximum Gasteiger partial charge on any atom is 0.255 e. The number of benzene rings is 1. The smallest absolute Gasteiger partial charge is 0.255 e. The fourth-order valence-corrected chi connectivity index (χ4v) is 2.70. The normalized spacial score (nSPS) is 18.5. The van der Waals surface area contributed by atoms with Gasteiger partial charge in [0.15, 0.2) is 0 Å². The molecule has 0 spiro atoms. The largest absolute Gasteiger partial charge is 0.368 e. The number of hydrogen-bond donors (Lipinski definition) is 0. The molecule has 2 rings (SSSR count). The molecule has 1 unspecified atom stereocenters.